The van der Waals surface area contributed by atoms with Crippen LogP contribution in [0.25, 0.3) is 0 Å². The van der Waals surface area contributed by atoms with Gasteiger partial charge in [-0.25, -0.2) is 10.8 Å². The summed E-state index contributed by atoms with van der Waals surface area (Å²) < 4.78 is 0. The Labute approximate surface area is 120 Å². The molecule has 0 unspecified atom stereocenters. The van der Waals surface area contributed by atoms with E-state index in [-0.39, 0.29) is 5.91 Å². The van der Waals surface area contributed by atoms with Gasteiger partial charge in [-0.1, -0.05) is 6.07 Å². The summed E-state index contributed by atoms with van der Waals surface area (Å²) in [7, 11) is 0. The molecular formula is C14H25N5O. The maximum absolute atomic E-state index is 12.0. The summed E-state index contributed by atoms with van der Waals surface area (Å²) in [4.78, 5) is 18.4. The number of hydrazine groups is 1. The van der Waals surface area contributed by atoms with Gasteiger partial charge in [-0.3, -0.25) is 9.69 Å². The van der Waals surface area contributed by atoms with Crippen molar-refractivity contribution >= 4 is 11.7 Å². The van der Waals surface area contributed by atoms with Crippen molar-refractivity contribution in [1.82, 2.24) is 15.2 Å². The highest BCUT2D eigenvalue weighted by molar-refractivity contribution is 5.92. The third-order valence-corrected chi connectivity index (χ3v) is 3.11. The van der Waals surface area contributed by atoms with Gasteiger partial charge in [0.2, 0.25) is 0 Å². The molecule has 1 aromatic rings. The van der Waals surface area contributed by atoms with E-state index in [1.165, 1.54) is 0 Å². The first-order valence-corrected chi connectivity index (χ1v) is 6.93. The van der Waals surface area contributed by atoms with Crippen molar-refractivity contribution in [2.45, 2.75) is 39.8 Å². The molecule has 0 saturated carbocycles. The second-order valence-electron chi connectivity index (χ2n) is 5.23. The highest BCUT2D eigenvalue weighted by atomic mass is 16.1. The van der Waals surface area contributed by atoms with Gasteiger partial charge in [0.25, 0.3) is 5.91 Å². The number of pyridine rings is 1. The first kappa shape index (κ1) is 16.4. The Bertz CT molecular complexity index is 425. The molecule has 1 amide bonds. The van der Waals surface area contributed by atoms with Crippen molar-refractivity contribution in [1.29, 1.82) is 0 Å². The maximum Gasteiger partial charge on any atom is 0.270 e. The molecule has 0 spiro atoms. The number of rotatable bonds is 7. The molecule has 0 bridgehead atoms. The normalized spacial score (nSPS) is 11.2. The zero-order chi connectivity index (χ0) is 15.1. The van der Waals surface area contributed by atoms with Gasteiger partial charge in [-0.2, -0.15) is 0 Å². The minimum Gasteiger partial charge on any atom is -0.349 e. The fraction of sp³-hybridized carbons (Fsp3) is 0.571. The number of hydrogen-bond acceptors (Lipinski definition) is 5. The summed E-state index contributed by atoms with van der Waals surface area (Å²) in [6.07, 6.45) is 0. The highest BCUT2D eigenvalue weighted by Crippen LogP contribution is 2.04. The van der Waals surface area contributed by atoms with Crippen LogP contribution in [0, 0.1) is 0 Å². The fourth-order valence-corrected chi connectivity index (χ4v) is 2.14. The Morgan fingerprint density at radius 2 is 1.95 bits per heavy atom. The lowest BCUT2D eigenvalue weighted by Gasteiger charge is -2.30. The standard InChI is InChI=1S/C14H25N5O/c1-10(2)19(11(3)4)9-8-16-14(20)12-6-5-7-13(17-12)18-15/h5-7,10-11H,8-9,15H2,1-4H3,(H,16,20)(H,17,18). The van der Waals surface area contributed by atoms with Gasteiger partial charge in [-0.05, 0) is 39.8 Å². The smallest absolute Gasteiger partial charge is 0.270 e. The van der Waals surface area contributed by atoms with Crippen LogP contribution in [0.4, 0.5) is 5.82 Å². The number of nitrogens with one attached hydrogen (secondary N) is 2. The molecule has 0 saturated heterocycles. The van der Waals surface area contributed by atoms with Crippen molar-refractivity contribution < 1.29 is 4.79 Å². The monoisotopic (exact) mass is 279 g/mol. The van der Waals surface area contributed by atoms with Crippen molar-refractivity contribution in [2.24, 2.45) is 5.84 Å². The van der Waals surface area contributed by atoms with Gasteiger partial charge in [-0.15, -0.1) is 0 Å². The number of aromatic nitrogens is 1. The summed E-state index contributed by atoms with van der Waals surface area (Å²) in [5.41, 5.74) is 2.79. The second kappa shape index (κ2) is 7.81. The molecule has 0 fully saturated rings. The molecule has 4 N–H and O–H groups in total. The number of nitrogens with two attached hydrogens (primary N) is 1. The number of carbonyl (C=O) groups is 1. The van der Waals surface area contributed by atoms with Crippen LogP contribution in [0.1, 0.15) is 38.2 Å². The third-order valence-electron chi connectivity index (χ3n) is 3.11. The number of carbonyl (C=O) groups excluding carboxylic acids is 1. The van der Waals surface area contributed by atoms with E-state index in [0.717, 1.165) is 6.54 Å². The van der Waals surface area contributed by atoms with E-state index in [2.05, 4.69) is 48.3 Å². The Hall–Kier alpha value is -1.66. The number of nitrogen functional groups attached to an aromatic ring is 1. The van der Waals surface area contributed by atoms with E-state index in [0.29, 0.717) is 30.1 Å². The molecule has 0 aliphatic carbocycles. The van der Waals surface area contributed by atoms with Crippen LogP contribution in [0.3, 0.4) is 0 Å². The minimum atomic E-state index is -0.186. The van der Waals surface area contributed by atoms with E-state index >= 15 is 0 Å². The highest BCUT2D eigenvalue weighted by Gasteiger charge is 2.13. The molecule has 20 heavy (non-hydrogen) atoms. The largest absolute Gasteiger partial charge is 0.349 e. The predicted molar refractivity (Wildman–Crippen MR) is 81.4 cm³/mol. The average Bonchev–Trinajstić information content (AvgIpc) is 2.42. The Morgan fingerprint density at radius 3 is 2.50 bits per heavy atom. The predicted octanol–water partition coefficient (Wildman–Crippen LogP) is 1.22. The molecule has 0 aromatic carbocycles. The molecule has 1 heterocycles. The van der Waals surface area contributed by atoms with Crippen LogP contribution >= 0.6 is 0 Å². The lowest BCUT2D eigenvalue weighted by atomic mass is 10.2. The fourth-order valence-electron chi connectivity index (χ4n) is 2.14. The van der Waals surface area contributed by atoms with Crippen LogP contribution < -0.4 is 16.6 Å². The number of anilines is 1. The molecule has 6 heteroatoms. The molecule has 0 aliphatic rings. The quantitative estimate of drug-likeness (QED) is 0.516. The third kappa shape index (κ3) is 4.79. The van der Waals surface area contributed by atoms with Crippen LogP contribution in [0.2, 0.25) is 0 Å². The Balaban J connectivity index is 2.50. The summed E-state index contributed by atoms with van der Waals surface area (Å²) in [5.74, 6) is 5.56. The van der Waals surface area contributed by atoms with Crippen molar-refractivity contribution in [3.63, 3.8) is 0 Å². The van der Waals surface area contributed by atoms with Crippen molar-refractivity contribution in [3.8, 4) is 0 Å². The van der Waals surface area contributed by atoms with Crippen LogP contribution in [0.15, 0.2) is 18.2 Å². The first-order chi connectivity index (χ1) is 9.45. The zero-order valence-corrected chi connectivity index (χ0v) is 12.7. The van der Waals surface area contributed by atoms with Gasteiger partial charge in [0.15, 0.2) is 0 Å². The van der Waals surface area contributed by atoms with Crippen LogP contribution in [-0.4, -0.2) is 41.0 Å². The Kier molecular flexibility index (Phi) is 6.41. The zero-order valence-electron chi connectivity index (χ0n) is 12.7. The van der Waals surface area contributed by atoms with Crippen LogP contribution in [0.5, 0.6) is 0 Å². The summed E-state index contributed by atoms with van der Waals surface area (Å²) in [6, 6.07) is 6.02. The minimum absolute atomic E-state index is 0.186. The van der Waals surface area contributed by atoms with Gasteiger partial charge >= 0.3 is 0 Å². The van der Waals surface area contributed by atoms with Crippen molar-refractivity contribution in [3.05, 3.63) is 23.9 Å². The number of hydrogen-bond donors (Lipinski definition) is 3. The molecule has 0 radical (unpaired) electrons. The Morgan fingerprint density at radius 1 is 1.30 bits per heavy atom. The van der Waals surface area contributed by atoms with E-state index in [1.54, 1.807) is 18.2 Å². The van der Waals surface area contributed by atoms with Gasteiger partial charge in [0.05, 0.1) is 0 Å². The molecule has 1 rings (SSSR count). The maximum atomic E-state index is 12.0. The molecule has 112 valence electrons. The van der Waals surface area contributed by atoms with Gasteiger partial charge in [0, 0.05) is 25.2 Å². The number of amides is 1. The molecule has 1 aromatic heterocycles. The molecular weight excluding hydrogens is 254 g/mol. The lowest BCUT2D eigenvalue weighted by Crippen LogP contribution is -2.42. The summed E-state index contributed by atoms with van der Waals surface area (Å²) >= 11 is 0. The van der Waals surface area contributed by atoms with Gasteiger partial charge < -0.3 is 10.7 Å². The van der Waals surface area contributed by atoms with E-state index in [9.17, 15) is 4.79 Å². The van der Waals surface area contributed by atoms with E-state index in [1.807, 2.05) is 0 Å². The second-order valence-corrected chi connectivity index (χ2v) is 5.23. The first-order valence-electron chi connectivity index (χ1n) is 6.93. The van der Waals surface area contributed by atoms with Gasteiger partial charge in [0.1, 0.15) is 11.5 Å². The topological polar surface area (TPSA) is 83.3 Å². The van der Waals surface area contributed by atoms with E-state index < -0.39 is 0 Å². The molecule has 6 nitrogen and oxygen atoms in total. The average molecular weight is 279 g/mol. The van der Waals surface area contributed by atoms with Crippen molar-refractivity contribution in [2.75, 3.05) is 18.5 Å². The number of nitrogens with zero attached hydrogens (tertiary/aromatic N) is 2. The van der Waals surface area contributed by atoms with E-state index in [4.69, 9.17) is 5.84 Å². The van der Waals surface area contributed by atoms with Crippen LogP contribution in [-0.2, 0) is 0 Å². The lowest BCUT2D eigenvalue weighted by molar-refractivity contribution is 0.0934. The summed E-state index contributed by atoms with van der Waals surface area (Å²) in [5, 5.41) is 2.88. The summed E-state index contributed by atoms with van der Waals surface area (Å²) in [6.45, 7) is 10.0. The molecule has 0 atom stereocenters. The molecule has 0 aliphatic heterocycles. The SMILES string of the molecule is CC(C)N(CCNC(=O)c1cccc(NN)n1)C(C)C.